The average Bonchev–Trinajstić information content (AvgIpc) is 3.07. The summed E-state index contributed by atoms with van der Waals surface area (Å²) in [7, 11) is 1.48. The average molecular weight is 471 g/mol. The van der Waals surface area contributed by atoms with Gasteiger partial charge in [-0.2, -0.15) is 23.3 Å². The van der Waals surface area contributed by atoms with Gasteiger partial charge in [-0.05, 0) is 24.8 Å². The first-order valence-electron chi connectivity index (χ1n) is 10.3. The SMILES string of the molecule is CC(C)C1CC(Nc2ncc3c(-c4cc(C(F)(F)F)c(F)c(O)c4F)nn(C)c3n2)CCO1. The molecule has 1 fully saturated rings. The summed E-state index contributed by atoms with van der Waals surface area (Å²) in [5.41, 5.74) is -2.52. The fraction of sp³-hybridized carbons (Fsp3) is 0.476. The number of phenols is 1. The molecule has 33 heavy (non-hydrogen) atoms. The topological polar surface area (TPSA) is 85.1 Å². The number of rotatable bonds is 4. The third kappa shape index (κ3) is 4.31. The van der Waals surface area contributed by atoms with Gasteiger partial charge >= 0.3 is 6.18 Å². The second kappa shape index (κ2) is 8.40. The van der Waals surface area contributed by atoms with Crippen molar-refractivity contribution in [2.45, 2.75) is 45.0 Å². The highest BCUT2D eigenvalue weighted by molar-refractivity contribution is 5.91. The van der Waals surface area contributed by atoms with Gasteiger partial charge in [0.1, 0.15) is 5.69 Å². The molecule has 0 bridgehead atoms. The normalized spacial score (nSPS) is 19.4. The van der Waals surface area contributed by atoms with E-state index in [0.29, 0.717) is 12.5 Å². The van der Waals surface area contributed by atoms with Crippen LogP contribution in [0.2, 0.25) is 0 Å². The summed E-state index contributed by atoms with van der Waals surface area (Å²) < 4.78 is 75.0. The lowest BCUT2D eigenvalue weighted by Crippen LogP contribution is -2.37. The van der Waals surface area contributed by atoms with Crippen LogP contribution in [0.5, 0.6) is 5.75 Å². The fourth-order valence-corrected chi connectivity index (χ4v) is 3.91. The third-order valence-electron chi connectivity index (χ3n) is 5.71. The van der Waals surface area contributed by atoms with Crippen molar-refractivity contribution in [1.82, 2.24) is 19.7 Å². The van der Waals surface area contributed by atoms with E-state index >= 15 is 0 Å². The zero-order valence-corrected chi connectivity index (χ0v) is 18.0. The lowest BCUT2D eigenvalue weighted by molar-refractivity contribution is -0.140. The number of phenolic OH excluding ortho intramolecular Hbond substituents is 1. The van der Waals surface area contributed by atoms with Crippen LogP contribution in [-0.2, 0) is 18.0 Å². The molecule has 1 aliphatic heterocycles. The molecule has 0 aliphatic carbocycles. The summed E-state index contributed by atoms with van der Waals surface area (Å²) in [4.78, 5) is 8.60. The van der Waals surface area contributed by atoms with E-state index in [1.807, 2.05) is 0 Å². The quantitative estimate of drug-likeness (QED) is 0.539. The minimum absolute atomic E-state index is 0.0668. The maximum absolute atomic E-state index is 14.6. The molecule has 7 nitrogen and oxygen atoms in total. The minimum Gasteiger partial charge on any atom is -0.503 e. The van der Waals surface area contributed by atoms with E-state index in [-0.39, 0.29) is 40.9 Å². The number of fused-ring (bicyclic) bond motifs is 1. The van der Waals surface area contributed by atoms with Crippen LogP contribution in [0.25, 0.3) is 22.3 Å². The summed E-state index contributed by atoms with van der Waals surface area (Å²) in [6, 6.07) is 0.351. The Morgan fingerprint density at radius 1 is 1.24 bits per heavy atom. The highest BCUT2D eigenvalue weighted by Crippen LogP contribution is 2.41. The van der Waals surface area contributed by atoms with Gasteiger partial charge in [0.05, 0.1) is 17.1 Å². The van der Waals surface area contributed by atoms with E-state index in [9.17, 15) is 27.1 Å². The smallest absolute Gasteiger partial charge is 0.419 e. The summed E-state index contributed by atoms with van der Waals surface area (Å²) in [6.45, 7) is 4.74. The Bertz CT molecular complexity index is 1190. The number of hydrogen-bond acceptors (Lipinski definition) is 6. The van der Waals surface area contributed by atoms with Crippen molar-refractivity contribution in [2.24, 2.45) is 13.0 Å². The molecule has 3 aromatic rings. The van der Waals surface area contributed by atoms with E-state index in [4.69, 9.17) is 4.74 Å². The molecule has 2 unspecified atom stereocenters. The standard InChI is InChI=1S/C21H22F5N5O2/c1-9(2)14-6-10(4-5-33-14)28-20-27-8-12-17(30-31(3)19(12)29-20)11-7-13(21(24,25)26)16(23)18(32)15(11)22/h7-10,14,32H,4-6H2,1-3H3,(H,27,28,29). The van der Waals surface area contributed by atoms with Gasteiger partial charge in [-0.15, -0.1) is 0 Å². The predicted octanol–water partition coefficient (Wildman–Crippen LogP) is 4.65. The Morgan fingerprint density at radius 3 is 2.64 bits per heavy atom. The maximum Gasteiger partial charge on any atom is 0.419 e. The number of nitrogens with one attached hydrogen (secondary N) is 1. The van der Waals surface area contributed by atoms with Gasteiger partial charge < -0.3 is 15.2 Å². The minimum atomic E-state index is -5.14. The first-order valence-corrected chi connectivity index (χ1v) is 10.3. The third-order valence-corrected chi connectivity index (χ3v) is 5.71. The molecular formula is C21H22F5N5O2. The Balaban J connectivity index is 1.72. The first kappa shape index (κ1) is 23.1. The molecule has 0 spiro atoms. The monoisotopic (exact) mass is 471 g/mol. The van der Waals surface area contributed by atoms with E-state index < -0.39 is 34.7 Å². The highest BCUT2D eigenvalue weighted by Gasteiger charge is 2.38. The van der Waals surface area contributed by atoms with E-state index in [2.05, 4.69) is 34.2 Å². The number of hydrogen-bond donors (Lipinski definition) is 2. The van der Waals surface area contributed by atoms with Gasteiger partial charge in [-0.3, -0.25) is 0 Å². The molecule has 1 aromatic carbocycles. The molecule has 0 amide bonds. The molecule has 12 heteroatoms. The Hall–Kier alpha value is -3.02. The van der Waals surface area contributed by atoms with Crippen molar-refractivity contribution in [2.75, 3.05) is 11.9 Å². The van der Waals surface area contributed by atoms with Crippen LogP contribution in [0.4, 0.5) is 27.9 Å². The van der Waals surface area contributed by atoms with Crippen molar-refractivity contribution < 1.29 is 31.8 Å². The molecule has 1 saturated heterocycles. The number of aryl methyl sites for hydroxylation is 1. The van der Waals surface area contributed by atoms with Crippen molar-refractivity contribution in [3.8, 4) is 17.0 Å². The molecule has 3 heterocycles. The largest absolute Gasteiger partial charge is 0.503 e. The van der Waals surface area contributed by atoms with Crippen molar-refractivity contribution in [3.63, 3.8) is 0 Å². The molecular weight excluding hydrogens is 449 g/mol. The Labute approximate surface area is 185 Å². The number of halogens is 5. The molecule has 1 aliphatic rings. The fourth-order valence-electron chi connectivity index (χ4n) is 3.91. The van der Waals surface area contributed by atoms with Crippen LogP contribution in [0.1, 0.15) is 32.3 Å². The molecule has 4 rings (SSSR count). The van der Waals surface area contributed by atoms with Crippen molar-refractivity contribution in [3.05, 3.63) is 29.5 Å². The van der Waals surface area contributed by atoms with Crippen LogP contribution in [-0.4, -0.2) is 43.6 Å². The molecule has 0 saturated carbocycles. The van der Waals surface area contributed by atoms with Gasteiger partial charge in [0, 0.05) is 31.5 Å². The first-order chi connectivity index (χ1) is 15.5. The summed E-state index contributed by atoms with van der Waals surface area (Å²) in [6.07, 6.45) is -2.23. The Morgan fingerprint density at radius 2 is 1.97 bits per heavy atom. The summed E-state index contributed by atoms with van der Waals surface area (Å²) >= 11 is 0. The van der Waals surface area contributed by atoms with Crippen molar-refractivity contribution in [1.29, 1.82) is 0 Å². The van der Waals surface area contributed by atoms with Gasteiger partial charge in [0.25, 0.3) is 0 Å². The highest BCUT2D eigenvalue weighted by atomic mass is 19.4. The van der Waals surface area contributed by atoms with Crippen LogP contribution in [0.15, 0.2) is 12.3 Å². The van der Waals surface area contributed by atoms with E-state index in [0.717, 1.165) is 12.8 Å². The number of aromatic nitrogens is 4. The number of aromatic hydroxyl groups is 1. The maximum atomic E-state index is 14.6. The number of benzene rings is 1. The van der Waals surface area contributed by atoms with Gasteiger partial charge in [-0.1, -0.05) is 13.8 Å². The van der Waals surface area contributed by atoms with Crippen molar-refractivity contribution >= 4 is 17.0 Å². The number of alkyl halides is 3. The molecule has 2 N–H and O–H groups in total. The molecule has 2 atom stereocenters. The summed E-state index contributed by atoms with van der Waals surface area (Å²) in [5.74, 6) is -4.73. The van der Waals surface area contributed by atoms with Crippen LogP contribution in [0.3, 0.4) is 0 Å². The van der Waals surface area contributed by atoms with Crippen LogP contribution < -0.4 is 5.32 Å². The lowest BCUT2D eigenvalue weighted by Gasteiger charge is -2.32. The zero-order valence-electron chi connectivity index (χ0n) is 18.0. The van der Waals surface area contributed by atoms with Gasteiger partial charge in [-0.25, -0.2) is 18.4 Å². The Kier molecular flexibility index (Phi) is 5.89. The van der Waals surface area contributed by atoms with E-state index in [1.165, 1.54) is 17.9 Å². The predicted molar refractivity (Wildman–Crippen MR) is 110 cm³/mol. The van der Waals surface area contributed by atoms with Gasteiger partial charge in [0.2, 0.25) is 5.95 Å². The van der Waals surface area contributed by atoms with Crippen LogP contribution in [0, 0.1) is 17.6 Å². The number of ether oxygens (including phenoxy) is 1. The number of nitrogens with zero attached hydrogens (tertiary/aromatic N) is 4. The second-order valence-corrected chi connectivity index (χ2v) is 8.37. The van der Waals surface area contributed by atoms with E-state index in [1.54, 1.807) is 0 Å². The molecule has 2 aromatic heterocycles. The second-order valence-electron chi connectivity index (χ2n) is 8.37. The van der Waals surface area contributed by atoms with Crippen LogP contribution >= 0.6 is 0 Å². The molecule has 0 radical (unpaired) electrons. The lowest BCUT2D eigenvalue weighted by atomic mass is 9.95. The molecule has 178 valence electrons. The zero-order chi connectivity index (χ0) is 24.1. The summed E-state index contributed by atoms with van der Waals surface area (Å²) in [5, 5.41) is 17.1. The van der Waals surface area contributed by atoms with Gasteiger partial charge in [0.15, 0.2) is 23.0 Å². The number of anilines is 1.